The first-order chi connectivity index (χ1) is 10.1. The molecule has 0 aromatic rings. The molecule has 1 N–H and O–H groups in total. The highest BCUT2D eigenvalue weighted by Gasteiger charge is 2.33. The van der Waals surface area contributed by atoms with E-state index >= 15 is 0 Å². The van der Waals surface area contributed by atoms with Crippen LogP contribution in [0.2, 0.25) is 0 Å². The van der Waals surface area contributed by atoms with E-state index in [1.165, 1.54) is 38.6 Å². The van der Waals surface area contributed by atoms with E-state index in [0.717, 1.165) is 24.9 Å². The number of carbonyl (C=O) groups is 1. The summed E-state index contributed by atoms with van der Waals surface area (Å²) in [5.41, 5.74) is 0. The van der Waals surface area contributed by atoms with Crippen molar-refractivity contribution in [3.63, 3.8) is 0 Å². The monoisotopic (exact) mass is 296 g/mol. The quantitative estimate of drug-likeness (QED) is 0.764. The van der Waals surface area contributed by atoms with Crippen LogP contribution in [-0.2, 0) is 9.53 Å². The van der Waals surface area contributed by atoms with E-state index in [1.54, 1.807) is 0 Å². The number of hydrogen-bond donors (Lipinski definition) is 1. The fourth-order valence-electron chi connectivity index (χ4n) is 3.94. The molecule has 4 nitrogen and oxygen atoms in total. The van der Waals surface area contributed by atoms with Gasteiger partial charge in [-0.15, -0.1) is 0 Å². The van der Waals surface area contributed by atoms with Gasteiger partial charge >= 0.3 is 5.97 Å². The standard InChI is InChI=1S/C17H32N2O2/c1-4-21-17(20)16(18-13(2)3)12-19-10-9-14-7-5-6-8-15(14)11-19/h13-16,18H,4-12H2,1-3H3. The van der Waals surface area contributed by atoms with Crippen LogP contribution in [0.15, 0.2) is 0 Å². The zero-order valence-electron chi connectivity index (χ0n) is 13.9. The van der Waals surface area contributed by atoms with E-state index in [4.69, 9.17) is 4.74 Å². The summed E-state index contributed by atoms with van der Waals surface area (Å²) >= 11 is 0. The fourth-order valence-corrected chi connectivity index (χ4v) is 3.94. The summed E-state index contributed by atoms with van der Waals surface area (Å²) in [5, 5.41) is 3.37. The minimum Gasteiger partial charge on any atom is -0.465 e. The molecule has 1 saturated carbocycles. The van der Waals surface area contributed by atoms with Gasteiger partial charge in [0.2, 0.25) is 0 Å². The lowest BCUT2D eigenvalue weighted by atomic mass is 9.75. The van der Waals surface area contributed by atoms with Crippen LogP contribution in [0.5, 0.6) is 0 Å². The van der Waals surface area contributed by atoms with Crippen molar-refractivity contribution in [3.8, 4) is 0 Å². The zero-order valence-corrected chi connectivity index (χ0v) is 13.9. The molecule has 3 unspecified atom stereocenters. The van der Waals surface area contributed by atoms with Crippen molar-refractivity contribution < 1.29 is 9.53 Å². The number of fused-ring (bicyclic) bond motifs is 1. The van der Waals surface area contributed by atoms with Crippen LogP contribution in [0, 0.1) is 11.8 Å². The fraction of sp³-hybridized carbons (Fsp3) is 0.941. The highest BCUT2D eigenvalue weighted by Crippen LogP contribution is 2.35. The number of hydrogen-bond acceptors (Lipinski definition) is 4. The van der Waals surface area contributed by atoms with Gasteiger partial charge in [0.1, 0.15) is 6.04 Å². The predicted molar refractivity (Wildman–Crippen MR) is 85.2 cm³/mol. The minimum absolute atomic E-state index is 0.100. The molecule has 1 saturated heterocycles. The van der Waals surface area contributed by atoms with E-state index in [2.05, 4.69) is 24.1 Å². The second-order valence-corrected chi connectivity index (χ2v) is 6.98. The SMILES string of the molecule is CCOC(=O)C(CN1CCC2CCCCC2C1)NC(C)C. The van der Waals surface area contributed by atoms with E-state index in [0.29, 0.717) is 12.6 Å². The Morgan fingerprint density at radius 2 is 1.95 bits per heavy atom. The molecule has 0 aromatic heterocycles. The Kier molecular flexibility index (Phi) is 6.49. The Labute approximate surface area is 129 Å². The molecule has 2 rings (SSSR count). The van der Waals surface area contributed by atoms with Crippen LogP contribution in [0.1, 0.15) is 52.9 Å². The van der Waals surface area contributed by atoms with Crippen molar-refractivity contribution in [2.24, 2.45) is 11.8 Å². The van der Waals surface area contributed by atoms with Gasteiger partial charge in [0.25, 0.3) is 0 Å². The topological polar surface area (TPSA) is 41.6 Å². The van der Waals surface area contributed by atoms with Crippen molar-refractivity contribution in [2.45, 2.75) is 65.0 Å². The molecule has 0 bridgehead atoms. The average molecular weight is 296 g/mol. The first-order valence-corrected chi connectivity index (χ1v) is 8.75. The third-order valence-corrected chi connectivity index (χ3v) is 4.92. The van der Waals surface area contributed by atoms with Gasteiger partial charge in [-0.3, -0.25) is 4.79 Å². The van der Waals surface area contributed by atoms with E-state index in [9.17, 15) is 4.79 Å². The second kappa shape index (κ2) is 8.14. The first kappa shape index (κ1) is 16.8. The molecule has 3 atom stereocenters. The Bertz CT molecular complexity index is 333. The Morgan fingerprint density at radius 3 is 2.62 bits per heavy atom. The van der Waals surface area contributed by atoms with Crippen molar-refractivity contribution in [2.75, 3.05) is 26.2 Å². The normalized spacial score (nSPS) is 28.2. The van der Waals surface area contributed by atoms with Crippen LogP contribution < -0.4 is 5.32 Å². The lowest BCUT2D eigenvalue weighted by molar-refractivity contribution is -0.146. The molecular weight excluding hydrogens is 264 g/mol. The van der Waals surface area contributed by atoms with Gasteiger partial charge in [-0.2, -0.15) is 0 Å². The Morgan fingerprint density at radius 1 is 1.24 bits per heavy atom. The average Bonchev–Trinajstić information content (AvgIpc) is 2.46. The summed E-state index contributed by atoms with van der Waals surface area (Å²) in [7, 11) is 0. The summed E-state index contributed by atoms with van der Waals surface area (Å²) in [5.74, 6) is 1.69. The van der Waals surface area contributed by atoms with Gasteiger partial charge in [-0.25, -0.2) is 0 Å². The molecule has 0 spiro atoms. The van der Waals surface area contributed by atoms with Gasteiger partial charge in [0, 0.05) is 19.1 Å². The Balaban J connectivity index is 1.88. The van der Waals surface area contributed by atoms with Gasteiger partial charge in [0.15, 0.2) is 0 Å². The minimum atomic E-state index is -0.190. The van der Waals surface area contributed by atoms with E-state index in [1.807, 2.05) is 6.92 Å². The molecule has 1 aliphatic heterocycles. The summed E-state index contributed by atoms with van der Waals surface area (Å²) in [6.45, 7) is 9.59. The van der Waals surface area contributed by atoms with Crippen LogP contribution in [0.4, 0.5) is 0 Å². The van der Waals surface area contributed by atoms with Crippen molar-refractivity contribution in [1.29, 1.82) is 0 Å². The highest BCUT2D eigenvalue weighted by molar-refractivity contribution is 5.76. The van der Waals surface area contributed by atoms with Crippen LogP contribution in [-0.4, -0.2) is 49.2 Å². The Hall–Kier alpha value is -0.610. The largest absolute Gasteiger partial charge is 0.465 e. The molecule has 2 fully saturated rings. The number of likely N-dealkylation sites (tertiary alicyclic amines) is 1. The van der Waals surface area contributed by atoms with Crippen LogP contribution in [0.3, 0.4) is 0 Å². The molecule has 0 radical (unpaired) electrons. The maximum absolute atomic E-state index is 12.1. The number of rotatable bonds is 6. The van der Waals surface area contributed by atoms with Gasteiger partial charge in [0.05, 0.1) is 6.61 Å². The smallest absolute Gasteiger partial charge is 0.324 e. The van der Waals surface area contributed by atoms with Crippen LogP contribution in [0.25, 0.3) is 0 Å². The molecular formula is C17H32N2O2. The summed E-state index contributed by atoms with van der Waals surface area (Å²) < 4.78 is 5.22. The van der Waals surface area contributed by atoms with Crippen LogP contribution >= 0.6 is 0 Å². The molecule has 0 aromatic carbocycles. The summed E-state index contributed by atoms with van der Waals surface area (Å²) in [6, 6.07) is 0.108. The highest BCUT2D eigenvalue weighted by atomic mass is 16.5. The van der Waals surface area contributed by atoms with Gasteiger partial charge < -0.3 is 15.0 Å². The van der Waals surface area contributed by atoms with E-state index in [-0.39, 0.29) is 12.0 Å². The number of piperidine rings is 1. The molecule has 1 heterocycles. The maximum atomic E-state index is 12.1. The molecule has 122 valence electrons. The van der Waals surface area contributed by atoms with Crippen molar-refractivity contribution in [1.82, 2.24) is 10.2 Å². The van der Waals surface area contributed by atoms with Gasteiger partial charge in [-0.05, 0) is 38.1 Å². The molecule has 21 heavy (non-hydrogen) atoms. The first-order valence-electron chi connectivity index (χ1n) is 8.75. The second-order valence-electron chi connectivity index (χ2n) is 6.98. The number of carbonyl (C=O) groups excluding carboxylic acids is 1. The lowest BCUT2D eigenvalue weighted by Crippen LogP contribution is -2.52. The predicted octanol–water partition coefficient (Wildman–Crippen LogP) is 2.43. The van der Waals surface area contributed by atoms with Crippen molar-refractivity contribution >= 4 is 5.97 Å². The summed E-state index contributed by atoms with van der Waals surface area (Å²) in [6.07, 6.45) is 6.91. The van der Waals surface area contributed by atoms with Gasteiger partial charge in [-0.1, -0.05) is 33.1 Å². The number of esters is 1. The molecule has 2 aliphatic rings. The number of ether oxygens (including phenoxy) is 1. The third kappa shape index (κ3) is 4.96. The lowest BCUT2D eigenvalue weighted by Gasteiger charge is -2.42. The third-order valence-electron chi connectivity index (χ3n) is 4.92. The zero-order chi connectivity index (χ0) is 15.2. The summed E-state index contributed by atoms with van der Waals surface area (Å²) in [4.78, 5) is 14.6. The van der Waals surface area contributed by atoms with E-state index < -0.39 is 0 Å². The molecule has 4 heteroatoms. The molecule has 1 aliphatic carbocycles. The molecule has 0 amide bonds. The maximum Gasteiger partial charge on any atom is 0.324 e. The van der Waals surface area contributed by atoms with Crippen molar-refractivity contribution in [3.05, 3.63) is 0 Å². The number of nitrogens with zero attached hydrogens (tertiary/aromatic N) is 1. The number of nitrogens with one attached hydrogen (secondary N) is 1.